The molecular formula is C21H22N2O2S. The minimum atomic E-state index is 0.0189. The molecule has 4 rings (SSSR count). The Hall–Kier alpha value is -2.40. The second-order valence-corrected chi connectivity index (χ2v) is 7.92. The van der Waals surface area contributed by atoms with Crippen LogP contribution in [0.2, 0.25) is 0 Å². The first-order chi connectivity index (χ1) is 12.6. The number of aromatic nitrogens is 1. The average Bonchev–Trinajstić information content (AvgIpc) is 2.99. The van der Waals surface area contributed by atoms with E-state index in [1.165, 1.54) is 23.3 Å². The summed E-state index contributed by atoms with van der Waals surface area (Å²) in [6.07, 6.45) is 1.46. The van der Waals surface area contributed by atoms with Crippen LogP contribution in [0.15, 0.2) is 52.3 Å². The van der Waals surface area contributed by atoms with Crippen LogP contribution >= 0.6 is 11.3 Å². The highest BCUT2D eigenvalue weighted by Gasteiger charge is 2.40. The zero-order chi connectivity index (χ0) is 18.1. The second kappa shape index (κ2) is 7.08. The first-order valence-corrected chi connectivity index (χ1v) is 9.83. The molecular weight excluding hydrogens is 344 g/mol. The maximum Gasteiger partial charge on any atom is 0.226 e. The van der Waals surface area contributed by atoms with E-state index in [0.29, 0.717) is 18.3 Å². The van der Waals surface area contributed by atoms with Crippen LogP contribution in [0.25, 0.3) is 10.8 Å². The van der Waals surface area contributed by atoms with E-state index in [2.05, 4.69) is 29.4 Å². The number of carbonyl (C=O) groups excluding carboxylic acids is 1. The zero-order valence-corrected chi connectivity index (χ0v) is 15.8. The summed E-state index contributed by atoms with van der Waals surface area (Å²) in [5.74, 6) is 2.82. The number of rotatable bonds is 6. The van der Waals surface area contributed by atoms with Crippen molar-refractivity contribution in [1.29, 1.82) is 0 Å². The number of nitrogens with zero attached hydrogens (tertiary/aromatic N) is 1. The van der Waals surface area contributed by atoms with Gasteiger partial charge >= 0.3 is 0 Å². The summed E-state index contributed by atoms with van der Waals surface area (Å²) in [7, 11) is 0. The SMILES string of the molecule is Cc1ccc(-c2nc(CC(=O)NC(c3ccccc3)C3CC3C)cs2)o1. The Morgan fingerprint density at radius 1 is 1.31 bits per heavy atom. The zero-order valence-electron chi connectivity index (χ0n) is 14.9. The summed E-state index contributed by atoms with van der Waals surface area (Å²) < 4.78 is 5.61. The van der Waals surface area contributed by atoms with E-state index < -0.39 is 0 Å². The Bertz CT molecular complexity index is 900. The minimum Gasteiger partial charge on any atom is -0.459 e. The van der Waals surface area contributed by atoms with Crippen LogP contribution < -0.4 is 5.32 Å². The number of amides is 1. The van der Waals surface area contributed by atoms with Crippen molar-refractivity contribution in [2.24, 2.45) is 11.8 Å². The number of carbonyl (C=O) groups is 1. The fraction of sp³-hybridized carbons (Fsp3) is 0.333. The summed E-state index contributed by atoms with van der Waals surface area (Å²) in [6, 6.07) is 14.2. The molecule has 3 unspecified atom stereocenters. The Morgan fingerprint density at radius 3 is 2.73 bits per heavy atom. The number of thiazole rings is 1. The molecule has 5 heteroatoms. The summed E-state index contributed by atoms with van der Waals surface area (Å²) in [4.78, 5) is 17.2. The lowest BCUT2D eigenvalue weighted by atomic mass is 10.0. The number of hydrogen-bond donors (Lipinski definition) is 1. The highest BCUT2D eigenvalue weighted by molar-refractivity contribution is 7.13. The molecule has 0 aliphatic heterocycles. The van der Waals surface area contributed by atoms with Gasteiger partial charge in [-0.15, -0.1) is 11.3 Å². The number of nitrogens with one attached hydrogen (secondary N) is 1. The summed E-state index contributed by atoms with van der Waals surface area (Å²) in [6.45, 7) is 4.15. The Balaban J connectivity index is 1.43. The van der Waals surface area contributed by atoms with Gasteiger partial charge in [-0.25, -0.2) is 4.98 Å². The molecule has 1 aliphatic carbocycles. The van der Waals surface area contributed by atoms with Gasteiger partial charge in [-0.3, -0.25) is 4.79 Å². The van der Waals surface area contributed by atoms with Crippen LogP contribution in [0.4, 0.5) is 0 Å². The molecule has 1 N–H and O–H groups in total. The Kier molecular flexibility index (Phi) is 4.64. The minimum absolute atomic E-state index is 0.0189. The normalized spacial score (nSPS) is 19.9. The summed E-state index contributed by atoms with van der Waals surface area (Å²) in [5, 5.41) is 5.98. The first kappa shape index (κ1) is 17.0. The summed E-state index contributed by atoms with van der Waals surface area (Å²) >= 11 is 1.51. The molecule has 3 atom stereocenters. The van der Waals surface area contributed by atoms with E-state index in [1.54, 1.807) is 0 Å². The lowest BCUT2D eigenvalue weighted by Crippen LogP contribution is -2.31. The van der Waals surface area contributed by atoms with Crippen molar-refractivity contribution in [1.82, 2.24) is 10.3 Å². The van der Waals surface area contributed by atoms with Crippen molar-refractivity contribution in [2.75, 3.05) is 0 Å². The van der Waals surface area contributed by atoms with Crippen molar-refractivity contribution >= 4 is 17.2 Å². The molecule has 2 heterocycles. The van der Waals surface area contributed by atoms with Gasteiger partial charge in [0.1, 0.15) is 5.76 Å². The molecule has 1 fully saturated rings. The Labute approximate surface area is 157 Å². The lowest BCUT2D eigenvalue weighted by Gasteiger charge is -2.19. The van der Waals surface area contributed by atoms with E-state index >= 15 is 0 Å². The highest BCUT2D eigenvalue weighted by atomic mass is 32.1. The van der Waals surface area contributed by atoms with E-state index in [4.69, 9.17) is 4.42 Å². The van der Waals surface area contributed by atoms with Crippen molar-refractivity contribution < 1.29 is 9.21 Å². The molecule has 0 saturated heterocycles. The highest BCUT2D eigenvalue weighted by Crippen LogP contribution is 2.46. The van der Waals surface area contributed by atoms with Gasteiger partial charge in [0, 0.05) is 5.38 Å². The molecule has 134 valence electrons. The van der Waals surface area contributed by atoms with Gasteiger partial charge in [-0.05, 0) is 42.9 Å². The van der Waals surface area contributed by atoms with Gasteiger partial charge < -0.3 is 9.73 Å². The quantitative estimate of drug-likeness (QED) is 0.684. The van der Waals surface area contributed by atoms with Crippen LogP contribution in [0.5, 0.6) is 0 Å². The third kappa shape index (κ3) is 3.73. The molecule has 3 aromatic rings. The van der Waals surface area contributed by atoms with Crippen LogP contribution in [-0.2, 0) is 11.2 Å². The molecule has 1 amide bonds. The van der Waals surface area contributed by atoms with Crippen molar-refractivity contribution in [3.05, 3.63) is 64.9 Å². The predicted molar refractivity (Wildman–Crippen MR) is 103 cm³/mol. The number of benzene rings is 1. The van der Waals surface area contributed by atoms with E-state index in [1.807, 2.05) is 42.6 Å². The largest absolute Gasteiger partial charge is 0.459 e. The standard InChI is InChI=1S/C21H22N2O2S/c1-13-10-17(13)20(15-6-4-3-5-7-15)23-19(24)11-16-12-26-21(22-16)18-9-8-14(2)25-18/h3-9,12-13,17,20H,10-11H2,1-2H3,(H,23,24). The Morgan fingerprint density at radius 2 is 2.08 bits per heavy atom. The van der Waals surface area contributed by atoms with Gasteiger partial charge in [-0.1, -0.05) is 37.3 Å². The van der Waals surface area contributed by atoms with E-state index in [-0.39, 0.29) is 11.9 Å². The van der Waals surface area contributed by atoms with Gasteiger partial charge in [0.2, 0.25) is 5.91 Å². The first-order valence-electron chi connectivity index (χ1n) is 8.95. The molecule has 1 aliphatic rings. The van der Waals surface area contributed by atoms with Crippen LogP contribution in [0.1, 0.15) is 36.4 Å². The van der Waals surface area contributed by atoms with Gasteiger partial charge in [0.25, 0.3) is 0 Å². The third-order valence-corrected chi connectivity index (χ3v) is 5.83. The molecule has 4 nitrogen and oxygen atoms in total. The maximum absolute atomic E-state index is 12.6. The summed E-state index contributed by atoms with van der Waals surface area (Å²) in [5.41, 5.74) is 1.97. The van der Waals surface area contributed by atoms with Gasteiger partial charge in [-0.2, -0.15) is 0 Å². The third-order valence-electron chi connectivity index (χ3n) is 4.92. The fourth-order valence-electron chi connectivity index (χ4n) is 3.35. The molecule has 2 aromatic heterocycles. The van der Waals surface area contributed by atoms with E-state index in [9.17, 15) is 4.79 Å². The fourth-order valence-corrected chi connectivity index (χ4v) is 4.13. The molecule has 26 heavy (non-hydrogen) atoms. The molecule has 0 spiro atoms. The van der Waals surface area contributed by atoms with Crippen molar-refractivity contribution in [3.63, 3.8) is 0 Å². The maximum atomic E-state index is 12.6. The number of furan rings is 1. The van der Waals surface area contributed by atoms with Crippen LogP contribution in [-0.4, -0.2) is 10.9 Å². The lowest BCUT2D eigenvalue weighted by molar-refractivity contribution is -0.121. The molecule has 1 aromatic carbocycles. The number of hydrogen-bond acceptors (Lipinski definition) is 4. The van der Waals surface area contributed by atoms with Crippen molar-refractivity contribution in [3.8, 4) is 10.8 Å². The van der Waals surface area contributed by atoms with Gasteiger partial charge in [0.15, 0.2) is 10.8 Å². The molecule has 0 bridgehead atoms. The topological polar surface area (TPSA) is 55.1 Å². The second-order valence-electron chi connectivity index (χ2n) is 7.06. The predicted octanol–water partition coefficient (Wildman–Crippen LogP) is 4.77. The van der Waals surface area contributed by atoms with Crippen molar-refractivity contribution in [2.45, 2.75) is 32.7 Å². The van der Waals surface area contributed by atoms with Crippen LogP contribution in [0, 0.1) is 18.8 Å². The van der Waals surface area contributed by atoms with Crippen LogP contribution in [0.3, 0.4) is 0 Å². The smallest absolute Gasteiger partial charge is 0.226 e. The molecule has 1 saturated carbocycles. The molecule has 0 radical (unpaired) electrons. The van der Waals surface area contributed by atoms with E-state index in [0.717, 1.165) is 22.2 Å². The average molecular weight is 366 g/mol. The monoisotopic (exact) mass is 366 g/mol. The van der Waals surface area contributed by atoms with Gasteiger partial charge in [0.05, 0.1) is 18.2 Å². The number of aryl methyl sites for hydroxylation is 1.